The molecule has 98 valence electrons. The van der Waals surface area contributed by atoms with Crippen molar-refractivity contribution in [3.63, 3.8) is 0 Å². The van der Waals surface area contributed by atoms with Crippen molar-refractivity contribution in [3.05, 3.63) is 30.3 Å². The number of ether oxygens (including phenoxy) is 1. The van der Waals surface area contributed by atoms with Crippen LogP contribution in [0.3, 0.4) is 0 Å². The van der Waals surface area contributed by atoms with E-state index in [1.54, 1.807) is 0 Å². The van der Waals surface area contributed by atoms with E-state index in [2.05, 4.69) is 34.1 Å². The number of hydrogen-bond acceptors (Lipinski definition) is 4. The molecule has 0 aromatic heterocycles. The average Bonchev–Trinajstić information content (AvgIpc) is 2.41. The van der Waals surface area contributed by atoms with Gasteiger partial charge in [0.25, 0.3) is 0 Å². The maximum absolute atomic E-state index is 11.4. The number of hydrogen-bond donors (Lipinski definition) is 0. The Morgan fingerprint density at radius 3 is 2.44 bits per heavy atom. The summed E-state index contributed by atoms with van der Waals surface area (Å²) >= 11 is 0. The Bertz CT molecular complexity index is 373. The molecule has 0 atom stereocenters. The van der Waals surface area contributed by atoms with Gasteiger partial charge in [0.1, 0.15) is 0 Å². The molecule has 0 spiro atoms. The standard InChI is InChI=1S/C14H20N2O2/c1-2-18-14(17)12-15-8-10-16(11-9-15)13-6-4-3-5-7-13/h3-7H,2,8-12H2,1H3. The highest BCUT2D eigenvalue weighted by atomic mass is 16.5. The molecular weight excluding hydrogens is 228 g/mol. The molecule has 0 saturated carbocycles. The number of carbonyl (C=O) groups excluding carboxylic acids is 1. The molecule has 1 aromatic rings. The van der Waals surface area contributed by atoms with Gasteiger partial charge in [0, 0.05) is 31.9 Å². The van der Waals surface area contributed by atoms with E-state index in [4.69, 9.17) is 4.74 Å². The Morgan fingerprint density at radius 2 is 1.83 bits per heavy atom. The summed E-state index contributed by atoms with van der Waals surface area (Å²) in [7, 11) is 0. The Morgan fingerprint density at radius 1 is 1.17 bits per heavy atom. The molecule has 4 nitrogen and oxygen atoms in total. The van der Waals surface area contributed by atoms with Crippen molar-refractivity contribution in [2.24, 2.45) is 0 Å². The normalized spacial score (nSPS) is 16.6. The lowest BCUT2D eigenvalue weighted by atomic mass is 10.2. The third-order valence-corrected chi connectivity index (χ3v) is 3.15. The van der Waals surface area contributed by atoms with Gasteiger partial charge < -0.3 is 9.64 Å². The Kier molecular flexibility index (Phi) is 4.59. The number of benzene rings is 1. The van der Waals surface area contributed by atoms with E-state index in [1.807, 2.05) is 13.0 Å². The number of nitrogens with zero attached hydrogens (tertiary/aromatic N) is 2. The zero-order chi connectivity index (χ0) is 12.8. The summed E-state index contributed by atoms with van der Waals surface area (Å²) in [4.78, 5) is 15.9. The zero-order valence-corrected chi connectivity index (χ0v) is 10.8. The van der Waals surface area contributed by atoms with Gasteiger partial charge in [-0.2, -0.15) is 0 Å². The highest BCUT2D eigenvalue weighted by Crippen LogP contribution is 2.15. The van der Waals surface area contributed by atoms with Crippen LogP contribution in [-0.2, 0) is 9.53 Å². The van der Waals surface area contributed by atoms with Crippen molar-refractivity contribution >= 4 is 11.7 Å². The van der Waals surface area contributed by atoms with Crippen LogP contribution in [0.25, 0.3) is 0 Å². The molecule has 0 radical (unpaired) electrons. The van der Waals surface area contributed by atoms with Crippen molar-refractivity contribution in [1.82, 2.24) is 4.90 Å². The molecule has 1 fully saturated rings. The maximum Gasteiger partial charge on any atom is 0.320 e. The quantitative estimate of drug-likeness (QED) is 0.754. The van der Waals surface area contributed by atoms with E-state index < -0.39 is 0 Å². The van der Waals surface area contributed by atoms with Gasteiger partial charge in [0.15, 0.2) is 0 Å². The third kappa shape index (κ3) is 3.47. The minimum Gasteiger partial charge on any atom is -0.465 e. The Labute approximate surface area is 108 Å². The minimum atomic E-state index is -0.120. The molecule has 1 aliphatic heterocycles. The van der Waals surface area contributed by atoms with Gasteiger partial charge in [0.05, 0.1) is 13.2 Å². The molecule has 1 aliphatic rings. The molecule has 1 aromatic carbocycles. The number of para-hydroxylation sites is 1. The van der Waals surface area contributed by atoms with Crippen molar-refractivity contribution in [2.45, 2.75) is 6.92 Å². The molecule has 1 saturated heterocycles. The van der Waals surface area contributed by atoms with E-state index in [1.165, 1.54) is 5.69 Å². The summed E-state index contributed by atoms with van der Waals surface area (Å²) in [5, 5.41) is 0. The molecule has 0 aliphatic carbocycles. The van der Waals surface area contributed by atoms with Crippen LogP contribution in [0.2, 0.25) is 0 Å². The summed E-state index contributed by atoms with van der Waals surface area (Å²) < 4.78 is 4.96. The van der Waals surface area contributed by atoms with Crippen LogP contribution in [0.4, 0.5) is 5.69 Å². The molecule has 0 unspecified atom stereocenters. The number of carbonyl (C=O) groups is 1. The van der Waals surface area contributed by atoms with Gasteiger partial charge in [-0.25, -0.2) is 0 Å². The second-order valence-electron chi connectivity index (χ2n) is 4.40. The molecular formula is C14H20N2O2. The van der Waals surface area contributed by atoms with Gasteiger partial charge in [0.2, 0.25) is 0 Å². The van der Waals surface area contributed by atoms with Crippen LogP contribution in [0.1, 0.15) is 6.92 Å². The lowest BCUT2D eigenvalue weighted by Crippen LogP contribution is -2.48. The predicted octanol–water partition coefficient (Wildman–Crippen LogP) is 1.37. The van der Waals surface area contributed by atoms with Gasteiger partial charge in [-0.1, -0.05) is 18.2 Å². The first kappa shape index (κ1) is 12.9. The topological polar surface area (TPSA) is 32.8 Å². The fourth-order valence-corrected chi connectivity index (χ4v) is 2.19. The van der Waals surface area contributed by atoms with E-state index >= 15 is 0 Å². The smallest absolute Gasteiger partial charge is 0.320 e. The second kappa shape index (κ2) is 6.40. The van der Waals surface area contributed by atoms with E-state index in [-0.39, 0.29) is 5.97 Å². The zero-order valence-electron chi connectivity index (χ0n) is 10.8. The van der Waals surface area contributed by atoms with Crippen LogP contribution in [-0.4, -0.2) is 50.2 Å². The molecule has 0 N–H and O–H groups in total. The van der Waals surface area contributed by atoms with Crippen molar-refractivity contribution in [1.29, 1.82) is 0 Å². The molecule has 1 heterocycles. The summed E-state index contributed by atoms with van der Waals surface area (Å²) in [6.07, 6.45) is 0. The number of piperazine rings is 1. The average molecular weight is 248 g/mol. The first-order valence-electron chi connectivity index (χ1n) is 6.47. The summed E-state index contributed by atoms with van der Waals surface area (Å²) in [6.45, 7) is 6.46. The highest BCUT2D eigenvalue weighted by Gasteiger charge is 2.19. The molecule has 0 amide bonds. The van der Waals surface area contributed by atoms with E-state index in [0.29, 0.717) is 13.2 Å². The Hall–Kier alpha value is -1.55. The van der Waals surface area contributed by atoms with Gasteiger partial charge >= 0.3 is 5.97 Å². The first-order valence-corrected chi connectivity index (χ1v) is 6.47. The summed E-state index contributed by atoms with van der Waals surface area (Å²) in [6, 6.07) is 10.4. The number of rotatable bonds is 4. The Balaban J connectivity index is 1.80. The van der Waals surface area contributed by atoms with Gasteiger partial charge in [-0.05, 0) is 19.1 Å². The summed E-state index contributed by atoms with van der Waals surface area (Å²) in [5.74, 6) is -0.120. The largest absolute Gasteiger partial charge is 0.465 e. The van der Waals surface area contributed by atoms with Gasteiger partial charge in [-0.15, -0.1) is 0 Å². The maximum atomic E-state index is 11.4. The van der Waals surface area contributed by atoms with Crippen LogP contribution in [0, 0.1) is 0 Å². The van der Waals surface area contributed by atoms with Crippen LogP contribution >= 0.6 is 0 Å². The number of anilines is 1. The summed E-state index contributed by atoms with van der Waals surface area (Å²) in [5.41, 5.74) is 1.26. The van der Waals surface area contributed by atoms with Crippen LogP contribution in [0.5, 0.6) is 0 Å². The molecule has 0 bridgehead atoms. The van der Waals surface area contributed by atoms with E-state index in [0.717, 1.165) is 26.2 Å². The molecule has 2 rings (SSSR count). The highest BCUT2D eigenvalue weighted by molar-refractivity contribution is 5.71. The van der Waals surface area contributed by atoms with Crippen molar-refractivity contribution in [3.8, 4) is 0 Å². The third-order valence-electron chi connectivity index (χ3n) is 3.15. The number of esters is 1. The van der Waals surface area contributed by atoms with Gasteiger partial charge in [-0.3, -0.25) is 9.69 Å². The van der Waals surface area contributed by atoms with Crippen molar-refractivity contribution < 1.29 is 9.53 Å². The fraction of sp³-hybridized carbons (Fsp3) is 0.500. The van der Waals surface area contributed by atoms with Crippen molar-refractivity contribution in [2.75, 3.05) is 44.2 Å². The minimum absolute atomic E-state index is 0.120. The van der Waals surface area contributed by atoms with E-state index in [9.17, 15) is 4.79 Å². The monoisotopic (exact) mass is 248 g/mol. The van der Waals surface area contributed by atoms with Crippen LogP contribution < -0.4 is 4.90 Å². The lowest BCUT2D eigenvalue weighted by Gasteiger charge is -2.35. The molecule has 4 heteroatoms. The predicted molar refractivity (Wildman–Crippen MR) is 71.7 cm³/mol. The molecule has 18 heavy (non-hydrogen) atoms. The lowest BCUT2D eigenvalue weighted by molar-refractivity contribution is -0.144. The first-order chi connectivity index (χ1) is 8.79. The fourth-order valence-electron chi connectivity index (χ4n) is 2.19. The van der Waals surface area contributed by atoms with Crippen LogP contribution in [0.15, 0.2) is 30.3 Å². The SMILES string of the molecule is CCOC(=O)CN1CCN(c2ccccc2)CC1. The second-order valence-corrected chi connectivity index (χ2v) is 4.40.